The van der Waals surface area contributed by atoms with Crippen molar-refractivity contribution in [3.8, 4) is 23.0 Å². The van der Waals surface area contributed by atoms with Crippen LogP contribution in [0, 0.1) is 0 Å². The minimum absolute atomic E-state index is 0.0196. The van der Waals surface area contributed by atoms with Gasteiger partial charge in [-0.15, -0.1) is 0 Å². The van der Waals surface area contributed by atoms with Crippen LogP contribution in [0.4, 0.5) is 0 Å². The summed E-state index contributed by atoms with van der Waals surface area (Å²) in [7, 11) is 1.43. The summed E-state index contributed by atoms with van der Waals surface area (Å²) in [6, 6.07) is 7.94. The van der Waals surface area contributed by atoms with E-state index < -0.39 is 0 Å². The maximum Gasteiger partial charge on any atom is 0.185 e. The van der Waals surface area contributed by atoms with Crippen molar-refractivity contribution in [3.05, 3.63) is 52.6 Å². The van der Waals surface area contributed by atoms with Crippen LogP contribution in [0.1, 0.15) is 36.2 Å². The highest BCUT2D eigenvalue weighted by molar-refractivity contribution is 6.32. The summed E-state index contributed by atoms with van der Waals surface area (Å²) in [6.07, 6.45) is 3.94. The predicted octanol–water partition coefficient (Wildman–Crippen LogP) is 5.14. The van der Waals surface area contributed by atoms with E-state index >= 15 is 0 Å². The molecule has 2 aromatic carbocycles. The summed E-state index contributed by atoms with van der Waals surface area (Å²) in [6.45, 7) is 4.89. The zero-order chi connectivity index (χ0) is 19.8. The molecule has 0 bridgehead atoms. The minimum Gasteiger partial charge on any atom is -0.504 e. The third kappa shape index (κ3) is 5.41. The van der Waals surface area contributed by atoms with Gasteiger partial charge in [-0.3, -0.25) is 4.79 Å². The van der Waals surface area contributed by atoms with Gasteiger partial charge in [-0.05, 0) is 55.3 Å². The molecule has 144 valence electrons. The minimum atomic E-state index is -0.228. The Bertz CT molecular complexity index is 830. The molecule has 2 rings (SSSR count). The largest absolute Gasteiger partial charge is 0.504 e. The second kappa shape index (κ2) is 9.88. The van der Waals surface area contributed by atoms with Crippen molar-refractivity contribution >= 4 is 23.5 Å². The van der Waals surface area contributed by atoms with E-state index in [0.717, 1.165) is 6.42 Å². The fourth-order valence-corrected chi connectivity index (χ4v) is 2.66. The summed E-state index contributed by atoms with van der Waals surface area (Å²) in [5, 5.41) is 10.1. The summed E-state index contributed by atoms with van der Waals surface area (Å²) in [4.78, 5) is 12.4. The van der Waals surface area contributed by atoms with Crippen LogP contribution in [-0.2, 0) is 0 Å². The Balaban J connectivity index is 2.26. The van der Waals surface area contributed by atoms with E-state index in [1.165, 1.54) is 31.4 Å². The van der Waals surface area contributed by atoms with E-state index in [0.29, 0.717) is 40.9 Å². The molecule has 0 aliphatic heterocycles. The van der Waals surface area contributed by atoms with Crippen LogP contribution in [0.2, 0.25) is 5.02 Å². The highest BCUT2D eigenvalue weighted by Crippen LogP contribution is 2.37. The molecule has 0 aliphatic carbocycles. The summed E-state index contributed by atoms with van der Waals surface area (Å²) < 4.78 is 16.3. The molecule has 0 heterocycles. The molecule has 0 fully saturated rings. The van der Waals surface area contributed by atoms with Crippen LogP contribution in [0.15, 0.2) is 36.4 Å². The molecule has 5 nitrogen and oxygen atoms in total. The van der Waals surface area contributed by atoms with E-state index in [1.807, 2.05) is 13.8 Å². The highest BCUT2D eigenvalue weighted by Gasteiger charge is 2.12. The van der Waals surface area contributed by atoms with Gasteiger partial charge in [0, 0.05) is 5.56 Å². The third-order valence-electron chi connectivity index (χ3n) is 3.67. The van der Waals surface area contributed by atoms with Gasteiger partial charge in [0.05, 0.1) is 25.3 Å². The first-order valence-electron chi connectivity index (χ1n) is 8.68. The molecule has 0 atom stereocenters. The molecule has 0 radical (unpaired) electrons. The van der Waals surface area contributed by atoms with E-state index in [-0.39, 0.29) is 17.3 Å². The van der Waals surface area contributed by atoms with E-state index in [9.17, 15) is 9.90 Å². The van der Waals surface area contributed by atoms with Crippen LogP contribution < -0.4 is 14.2 Å². The summed E-state index contributed by atoms with van der Waals surface area (Å²) in [5.41, 5.74) is 1.12. The van der Waals surface area contributed by atoms with Gasteiger partial charge in [-0.25, -0.2) is 0 Å². The van der Waals surface area contributed by atoms with Crippen LogP contribution in [0.5, 0.6) is 23.0 Å². The van der Waals surface area contributed by atoms with Gasteiger partial charge in [0.1, 0.15) is 0 Å². The number of carbonyl (C=O) groups is 1. The maximum atomic E-state index is 12.4. The van der Waals surface area contributed by atoms with Crippen molar-refractivity contribution < 1.29 is 24.1 Å². The Morgan fingerprint density at radius 3 is 2.59 bits per heavy atom. The molecule has 0 aliphatic rings. The second-order valence-electron chi connectivity index (χ2n) is 5.70. The number of rotatable bonds is 9. The maximum absolute atomic E-state index is 12.4. The molecule has 6 heteroatoms. The summed E-state index contributed by atoms with van der Waals surface area (Å²) >= 11 is 6.33. The van der Waals surface area contributed by atoms with Crippen molar-refractivity contribution in [2.75, 3.05) is 20.3 Å². The number of ether oxygens (including phenoxy) is 3. The molecule has 2 aromatic rings. The number of allylic oxidation sites excluding steroid dienone is 1. The lowest BCUT2D eigenvalue weighted by Crippen LogP contribution is -2.01. The van der Waals surface area contributed by atoms with Gasteiger partial charge in [-0.1, -0.05) is 24.6 Å². The molecule has 0 aromatic heterocycles. The number of methoxy groups -OCH3 is 1. The van der Waals surface area contributed by atoms with E-state index in [1.54, 1.807) is 18.2 Å². The van der Waals surface area contributed by atoms with Crippen molar-refractivity contribution in [1.29, 1.82) is 0 Å². The van der Waals surface area contributed by atoms with Gasteiger partial charge < -0.3 is 19.3 Å². The first kappa shape index (κ1) is 20.6. The first-order valence-corrected chi connectivity index (χ1v) is 9.06. The number of ketones is 1. The molecule has 0 saturated heterocycles. The molecule has 1 N–H and O–H groups in total. The topological polar surface area (TPSA) is 65.0 Å². The van der Waals surface area contributed by atoms with E-state index in [4.69, 9.17) is 25.8 Å². The van der Waals surface area contributed by atoms with Crippen LogP contribution in [-0.4, -0.2) is 31.2 Å². The Morgan fingerprint density at radius 2 is 1.93 bits per heavy atom. The van der Waals surface area contributed by atoms with Crippen molar-refractivity contribution in [3.63, 3.8) is 0 Å². The van der Waals surface area contributed by atoms with Gasteiger partial charge >= 0.3 is 0 Å². The third-order valence-corrected chi connectivity index (χ3v) is 3.95. The van der Waals surface area contributed by atoms with Crippen molar-refractivity contribution in [1.82, 2.24) is 0 Å². The van der Waals surface area contributed by atoms with Crippen LogP contribution in [0.3, 0.4) is 0 Å². The molecule has 0 spiro atoms. The van der Waals surface area contributed by atoms with Gasteiger partial charge in [-0.2, -0.15) is 0 Å². The van der Waals surface area contributed by atoms with Gasteiger partial charge in [0.25, 0.3) is 0 Å². The number of halogens is 1. The SMILES string of the molecule is CCCOc1c(Cl)cc(C=CC(=O)c2ccc(O)c(OC)c2)cc1OCC. The Labute approximate surface area is 164 Å². The second-order valence-corrected chi connectivity index (χ2v) is 6.10. The zero-order valence-corrected chi connectivity index (χ0v) is 16.4. The number of benzene rings is 2. The monoisotopic (exact) mass is 390 g/mol. The van der Waals surface area contributed by atoms with Crippen molar-refractivity contribution in [2.45, 2.75) is 20.3 Å². The quantitative estimate of drug-likeness (QED) is 0.474. The lowest BCUT2D eigenvalue weighted by atomic mass is 10.1. The number of hydrogen-bond acceptors (Lipinski definition) is 5. The predicted molar refractivity (Wildman–Crippen MR) is 106 cm³/mol. The first-order chi connectivity index (χ1) is 13.0. The smallest absolute Gasteiger partial charge is 0.185 e. The highest BCUT2D eigenvalue weighted by atomic mass is 35.5. The van der Waals surface area contributed by atoms with Gasteiger partial charge in [0.15, 0.2) is 28.8 Å². The molecule has 0 amide bonds. The zero-order valence-electron chi connectivity index (χ0n) is 15.6. The van der Waals surface area contributed by atoms with Crippen LogP contribution in [0.25, 0.3) is 6.08 Å². The number of phenols is 1. The number of hydrogen-bond donors (Lipinski definition) is 1. The average Bonchev–Trinajstić information content (AvgIpc) is 2.66. The van der Waals surface area contributed by atoms with Gasteiger partial charge in [0.2, 0.25) is 0 Å². The fourth-order valence-electron chi connectivity index (χ4n) is 2.39. The molecule has 27 heavy (non-hydrogen) atoms. The lowest BCUT2D eigenvalue weighted by molar-refractivity contribution is 0.104. The Kier molecular flexibility index (Phi) is 7.55. The molecular formula is C21H23ClO5. The molecule has 0 saturated carbocycles. The average molecular weight is 391 g/mol. The van der Waals surface area contributed by atoms with E-state index in [2.05, 4.69) is 0 Å². The standard InChI is InChI=1S/C21H23ClO5/c1-4-10-27-21-16(22)11-14(12-20(21)26-5-2)6-8-17(23)15-7-9-18(24)19(13-15)25-3/h6-9,11-13,24H,4-5,10H2,1-3H3. The molecule has 0 unspecified atom stereocenters. The molecular weight excluding hydrogens is 368 g/mol. The number of carbonyl (C=O) groups excluding carboxylic acids is 1. The van der Waals surface area contributed by atoms with Crippen LogP contribution >= 0.6 is 11.6 Å². The Hall–Kier alpha value is -2.66. The van der Waals surface area contributed by atoms with Crippen molar-refractivity contribution in [2.24, 2.45) is 0 Å². The number of phenolic OH excluding ortho intramolecular Hbond substituents is 1. The Morgan fingerprint density at radius 1 is 1.15 bits per heavy atom. The number of aromatic hydroxyl groups is 1. The lowest BCUT2D eigenvalue weighted by Gasteiger charge is -2.14. The summed E-state index contributed by atoms with van der Waals surface area (Å²) in [5.74, 6) is 1.04. The fraction of sp³-hybridized carbons (Fsp3) is 0.286. The normalized spacial score (nSPS) is 10.8.